The number of fused-ring (bicyclic) bond motifs is 1. The molecule has 0 spiro atoms. The van der Waals surface area contributed by atoms with Crippen LogP contribution in [0.2, 0.25) is 5.02 Å². The number of aliphatic carboxylic acids is 1. The lowest BCUT2D eigenvalue weighted by molar-refractivity contribution is -0.140. The molecule has 0 aliphatic carbocycles. The van der Waals surface area contributed by atoms with Gasteiger partial charge in [-0.15, -0.1) is 0 Å². The van der Waals surface area contributed by atoms with E-state index in [1.807, 2.05) is 48.5 Å². The van der Waals surface area contributed by atoms with E-state index in [1.54, 1.807) is 0 Å². The number of para-hydroxylation sites is 1. The van der Waals surface area contributed by atoms with Crippen molar-refractivity contribution in [2.24, 2.45) is 0 Å². The Morgan fingerprint density at radius 3 is 2.31 bits per heavy atom. The van der Waals surface area contributed by atoms with Crippen LogP contribution in [0.25, 0.3) is 0 Å². The Hall–Kier alpha value is -2.41. The average molecular weight is 414 g/mol. The highest BCUT2D eigenvalue weighted by molar-refractivity contribution is 6.30. The summed E-state index contributed by atoms with van der Waals surface area (Å²) in [5.74, 6) is -1.10. The molecule has 1 fully saturated rings. The van der Waals surface area contributed by atoms with Crippen molar-refractivity contribution in [3.05, 3.63) is 64.7 Å². The van der Waals surface area contributed by atoms with E-state index < -0.39 is 12.0 Å². The summed E-state index contributed by atoms with van der Waals surface area (Å²) >= 11 is 5.94. The van der Waals surface area contributed by atoms with E-state index in [4.69, 9.17) is 11.6 Å². The van der Waals surface area contributed by atoms with Crippen molar-refractivity contribution < 1.29 is 14.7 Å². The Morgan fingerprint density at radius 2 is 1.62 bits per heavy atom. The minimum absolute atomic E-state index is 0.145. The van der Waals surface area contributed by atoms with Gasteiger partial charge in [-0.05, 0) is 29.3 Å². The quantitative estimate of drug-likeness (QED) is 0.816. The lowest BCUT2D eigenvalue weighted by Gasteiger charge is -2.35. The number of carboxylic acid groups (broad SMARTS) is 1. The molecule has 29 heavy (non-hydrogen) atoms. The number of rotatable bonds is 5. The van der Waals surface area contributed by atoms with Gasteiger partial charge in [0.2, 0.25) is 5.91 Å². The van der Waals surface area contributed by atoms with Crippen LogP contribution < -0.4 is 4.90 Å². The smallest absolute Gasteiger partial charge is 0.327 e. The lowest BCUT2D eigenvalue weighted by Crippen LogP contribution is -2.52. The summed E-state index contributed by atoms with van der Waals surface area (Å²) in [6.07, 6.45) is 0.367. The minimum Gasteiger partial charge on any atom is -0.480 e. The van der Waals surface area contributed by atoms with Crippen molar-refractivity contribution in [1.29, 1.82) is 0 Å². The number of anilines is 1. The maximum Gasteiger partial charge on any atom is 0.327 e. The molecule has 0 unspecified atom stereocenters. The van der Waals surface area contributed by atoms with Crippen molar-refractivity contribution >= 4 is 29.2 Å². The second kappa shape index (κ2) is 8.53. The fraction of sp³-hybridized carbons (Fsp3) is 0.364. The van der Waals surface area contributed by atoms with Gasteiger partial charge < -0.3 is 5.11 Å². The molecule has 2 heterocycles. The van der Waals surface area contributed by atoms with Gasteiger partial charge in [-0.25, -0.2) is 4.79 Å². The molecule has 1 N–H and O–H groups in total. The highest BCUT2D eigenvalue weighted by atomic mass is 35.5. The summed E-state index contributed by atoms with van der Waals surface area (Å²) in [5.41, 5.74) is 2.87. The molecular weight excluding hydrogens is 390 g/mol. The first-order valence-corrected chi connectivity index (χ1v) is 10.2. The maximum atomic E-state index is 13.0. The Bertz CT molecular complexity index is 894. The summed E-state index contributed by atoms with van der Waals surface area (Å²) in [7, 11) is 0. The first-order chi connectivity index (χ1) is 14.0. The molecule has 2 aromatic carbocycles. The lowest BCUT2D eigenvalue weighted by atomic mass is 10.1. The number of carbonyl (C=O) groups is 2. The van der Waals surface area contributed by atoms with Crippen LogP contribution >= 0.6 is 11.6 Å². The molecule has 2 aliphatic rings. The summed E-state index contributed by atoms with van der Waals surface area (Å²) in [6.45, 7) is 4.41. The third-order valence-electron chi connectivity index (χ3n) is 5.67. The fourth-order valence-corrected chi connectivity index (χ4v) is 4.24. The maximum absolute atomic E-state index is 13.0. The van der Waals surface area contributed by atoms with E-state index in [9.17, 15) is 14.7 Å². The minimum atomic E-state index is -0.956. The molecule has 1 amide bonds. The molecule has 1 saturated heterocycles. The normalized spacial score (nSPS) is 19.9. The van der Waals surface area contributed by atoms with Crippen molar-refractivity contribution in [3.8, 4) is 0 Å². The number of carboxylic acids is 1. The van der Waals surface area contributed by atoms with Gasteiger partial charge >= 0.3 is 5.97 Å². The summed E-state index contributed by atoms with van der Waals surface area (Å²) in [4.78, 5) is 30.6. The van der Waals surface area contributed by atoms with Crippen LogP contribution in [-0.2, 0) is 22.6 Å². The van der Waals surface area contributed by atoms with Gasteiger partial charge in [-0.1, -0.05) is 41.9 Å². The van der Waals surface area contributed by atoms with Gasteiger partial charge in [-0.3, -0.25) is 19.5 Å². The van der Waals surface area contributed by atoms with Crippen LogP contribution in [0.1, 0.15) is 11.1 Å². The SMILES string of the molecule is O=C(O)[C@@H]1Cc2ccccc2N1C(=O)CN1CCN(Cc2ccc(Cl)cc2)CC1. The first kappa shape index (κ1) is 19.9. The predicted molar refractivity (Wildman–Crippen MR) is 112 cm³/mol. The van der Waals surface area contributed by atoms with Gasteiger partial charge in [0, 0.05) is 49.9 Å². The van der Waals surface area contributed by atoms with Gasteiger partial charge in [0.05, 0.1) is 6.54 Å². The molecular formula is C22H24ClN3O3. The van der Waals surface area contributed by atoms with Crippen LogP contribution in [0.5, 0.6) is 0 Å². The Balaban J connectivity index is 1.34. The van der Waals surface area contributed by atoms with Crippen LogP contribution in [0.4, 0.5) is 5.69 Å². The molecule has 2 aromatic rings. The van der Waals surface area contributed by atoms with E-state index in [0.29, 0.717) is 6.42 Å². The number of nitrogens with zero attached hydrogens (tertiary/aromatic N) is 3. The number of carbonyl (C=O) groups excluding carboxylic acids is 1. The summed E-state index contributed by atoms with van der Waals surface area (Å²) in [6, 6.07) is 14.5. The van der Waals surface area contributed by atoms with Gasteiger partial charge in [0.1, 0.15) is 6.04 Å². The number of halogens is 1. The predicted octanol–water partition coefficient (Wildman–Crippen LogP) is 2.50. The highest BCUT2D eigenvalue weighted by Crippen LogP contribution is 2.32. The van der Waals surface area contributed by atoms with Crippen LogP contribution in [0.15, 0.2) is 48.5 Å². The fourth-order valence-electron chi connectivity index (χ4n) is 4.11. The molecule has 0 aromatic heterocycles. The van der Waals surface area contributed by atoms with Crippen molar-refractivity contribution in [3.63, 3.8) is 0 Å². The van der Waals surface area contributed by atoms with E-state index in [0.717, 1.165) is 49.0 Å². The van der Waals surface area contributed by atoms with Gasteiger partial charge in [-0.2, -0.15) is 0 Å². The van der Waals surface area contributed by atoms with Gasteiger partial charge in [0.15, 0.2) is 0 Å². The van der Waals surface area contributed by atoms with Crippen LogP contribution in [0.3, 0.4) is 0 Å². The van der Waals surface area contributed by atoms with E-state index >= 15 is 0 Å². The molecule has 0 bridgehead atoms. The third-order valence-corrected chi connectivity index (χ3v) is 5.93. The zero-order chi connectivity index (χ0) is 20.4. The van der Waals surface area contributed by atoms with E-state index in [2.05, 4.69) is 9.80 Å². The zero-order valence-electron chi connectivity index (χ0n) is 16.1. The van der Waals surface area contributed by atoms with E-state index in [1.165, 1.54) is 10.5 Å². The summed E-state index contributed by atoms with van der Waals surface area (Å²) < 4.78 is 0. The number of amides is 1. The van der Waals surface area contributed by atoms with Crippen molar-refractivity contribution in [2.45, 2.75) is 19.0 Å². The molecule has 7 heteroatoms. The number of piperazine rings is 1. The Kier molecular flexibility index (Phi) is 5.85. The second-order valence-corrected chi connectivity index (χ2v) is 8.07. The molecule has 4 rings (SSSR count). The largest absolute Gasteiger partial charge is 0.480 e. The zero-order valence-corrected chi connectivity index (χ0v) is 16.9. The first-order valence-electron chi connectivity index (χ1n) is 9.83. The number of benzene rings is 2. The molecule has 6 nitrogen and oxygen atoms in total. The molecule has 0 radical (unpaired) electrons. The van der Waals surface area contributed by atoms with Crippen molar-refractivity contribution in [1.82, 2.24) is 9.80 Å². The standard InChI is InChI=1S/C22H24ClN3O3/c23-18-7-5-16(6-8-18)14-24-9-11-25(12-10-24)15-21(27)26-19-4-2-1-3-17(19)13-20(26)22(28)29/h1-8,20H,9-15H2,(H,28,29)/t20-/m0/s1. The highest BCUT2D eigenvalue weighted by Gasteiger charge is 2.38. The number of hydrogen-bond acceptors (Lipinski definition) is 4. The monoisotopic (exact) mass is 413 g/mol. The Labute approximate surface area is 175 Å². The average Bonchev–Trinajstić information content (AvgIpc) is 3.11. The Morgan fingerprint density at radius 1 is 0.966 bits per heavy atom. The molecule has 2 aliphatic heterocycles. The van der Waals surface area contributed by atoms with E-state index in [-0.39, 0.29) is 12.5 Å². The number of hydrogen-bond donors (Lipinski definition) is 1. The van der Waals surface area contributed by atoms with Crippen LogP contribution in [0, 0.1) is 0 Å². The van der Waals surface area contributed by atoms with Gasteiger partial charge in [0.25, 0.3) is 0 Å². The molecule has 1 atom stereocenters. The topological polar surface area (TPSA) is 64.1 Å². The third kappa shape index (κ3) is 4.45. The van der Waals surface area contributed by atoms with Crippen molar-refractivity contribution in [2.75, 3.05) is 37.6 Å². The molecule has 152 valence electrons. The molecule has 0 saturated carbocycles. The second-order valence-electron chi connectivity index (χ2n) is 7.63. The summed E-state index contributed by atoms with van der Waals surface area (Å²) in [5, 5.41) is 10.3. The van der Waals surface area contributed by atoms with Crippen LogP contribution in [-0.4, -0.2) is 65.5 Å².